The maximum absolute atomic E-state index is 12.3. The van der Waals surface area contributed by atoms with Gasteiger partial charge in [0.15, 0.2) is 0 Å². The van der Waals surface area contributed by atoms with Crippen LogP contribution < -0.4 is 5.32 Å². The van der Waals surface area contributed by atoms with E-state index in [1.54, 1.807) is 0 Å². The van der Waals surface area contributed by atoms with Crippen molar-refractivity contribution in [3.8, 4) is 0 Å². The van der Waals surface area contributed by atoms with Crippen molar-refractivity contribution in [3.05, 3.63) is 35.9 Å². The van der Waals surface area contributed by atoms with Crippen LogP contribution in [0.2, 0.25) is 0 Å². The first-order chi connectivity index (χ1) is 11.4. The summed E-state index contributed by atoms with van der Waals surface area (Å²) in [5, 5.41) is 3.15. The number of aryl methyl sites for hydroxylation is 1. The second-order valence-corrected chi connectivity index (χ2v) is 7.35. The lowest BCUT2D eigenvalue weighted by molar-refractivity contribution is -0.133. The summed E-state index contributed by atoms with van der Waals surface area (Å²) < 4.78 is 0. The van der Waals surface area contributed by atoms with Crippen LogP contribution in [0.15, 0.2) is 30.3 Å². The molecule has 4 heteroatoms. The molecule has 1 N–H and O–H groups in total. The van der Waals surface area contributed by atoms with Gasteiger partial charge in [-0.1, -0.05) is 51.1 Å². The van der Waals surface area contributed by atoms with Gasteiger partial charge in [-0.3, -0.25) is 9.59 Å². The maximum Gasteiger partial charge on any atom is 0.225 e. The summed E-state index contributed by atoms with van der Waals surface area (Å²) >= 11 is 0. The summed E-state index contributed by atoms with van der Waals surface area (Å²) in [6, 6.07) is 10.3. The van der Waals surface area contributed by atoms with Gasteiger partial charge in [-0.05, 0) is 31.2 Å². The smallest absolute Gasteiger partial charge is 0.225 e. The molecule has 0 unspecified atom stereocenters. The van der Waals surface area contributed by atoms with Gasteiger partial charge >= 0.3 is 0 Å². The number of benzene rings is 1. The Labute approximate surface area is 145 Å². The van der Waals surface area contributed by atoms with Crippen LogP contribution in [-0.2, 0) is 16.0 Å². The number of amides is 2. The molecule has 1 aliphatic heterocycles. The number of hydrogen-bond donors (Lipinski definition) is 1. The van der Waals surface area contributed by atoms with Gasteiger partial charge in [0, 0.05) is 31.0 Å². The third kappa shape index (κ3) is 5.08. The van der Waals surface area contributed by atoms with E-state index in [-0.39, 0.29) is 23.3 Å². The highest BCUT2D eigenvalue weighted by Crippen LogP contribution is 2.21. The Hall–Kier alpha value is -1.84. The Kier molecular flexibility index (Phi) is 6.41. The lowest BCUT2D eigenvalue weighted by atomic mass is 9.88. The van der Waals surface area contributed by atoms with Gasteiger partial charge < -0.3 is 10.2 Å². The van der Waals surface area contributed by atoms with Crippen LogP contribution >= 0.6 is 0 Å². The summed E-state index contributed by atoms with van der Waals surface area (Å²) in [5.41, 5.74) is 0.887. The Bertz CT molecular complexity index is 546. The van der Waals surface area contributed by atoms with Gasteiger partial charge in [-0.25, -0.2) is 0 Å². The second kappa shape index (κ2) is 8.32. The number of likely N-dealkylation sites (tertiary alicyclic amines) is 1. The molecule has 1 fully saturated rings. The fourth-order valence-corrected chi connectivity index (χ4v) is 2.87. The molecule has 1 aliphatic rings. The minimum absolute atomic E-state index is 0.124. The molecule has 1 heterocycles. The predicted octanol–water partition coefficient (Wildman–Crippen LogP) is 3.16. The first-order valence-electron chi connectivity index (χ1n) is 9.05. The third-order valence-corrected chi connectivity index (χ3v) is 5.15. The molecule has 1 aromatic rings. The van der Waals surface area contributed by atoms with Crippen molar-refractivity contribution in [2.45, 2.75) is 58.9 Å². The number of nitrogens with zero attached hydrogens (tertiary/aromatic N) is 1. The van der Waals surface area contributed by atoms with Gasteiger partial charge in [0.05, 0.1) is 0 Å². The summed E-state index contributed by atoms with van der Waals surface area (Å²) in [7, 11) is 0. The van der Waals surface area contributed by atoms with E-state index in [4.69, 9.17) is 0 Å². The van der Waals surface area contributed by atoms with Crippen molar-refractivity contribution in [2.75, 3.05) is 13.1 Å². The molecule has 1 saturated heterocycles. The molecule has 0 aliphatic carbocycles. The number of hydrogen-bond acceptors (Lipinski definition) is 2. The largest absolute Gasteiger partial charge is 0.353 e. The van der Waals surface area contributed by atoms with E-state index in [9.17, 15) is 9.59 Å². The molecular weight excluding hydrogens is 300 g/mol. The van der Waals surface area contributed by atoms with Crippen LogP contribution in [0.3, 0.4) is 0 Å². The average Bonchev–Trinajstić information content (AvgIpc) is 2.61. The fraction of sp³-hybridized carbons (Fsp3) is 0.600. The quantitative estimate of drug-likeness (QED) is 0.871. The van der Waals surface area contributed by atoms with Gasteiger partial charge in [-0.2, -0.15) is 0 Å². The molecular formula is C20H30N2O2. The van der Waals surface area contributed by atoms with E-state index in [2.05, 4.69) is 17.4 Å². The highest BCUT2D eigenvalue weighted by Gasteiger charge is 2.29. The molecule has 2 amide bonds. The van der Waals surface area contributed by atoms with E-state index in [1.165, 1.54) is 5.56 Å². The predicted molar refractivity (Wildman–Crippen MR) is 96.6 cm³/mol. The molecule has 0 saturated carbocycles. The topological polar surface area (TPSA) is 49.4 Å². The van der Waals surface area contributed by atoms with E-state index < -0.39 is 0 Å². The Balaban J connectivity index is 1.74. The van der Waals surface area contributed by atoms with Crippen LogP contribution in [0.5, 0.6) is 0 Å². The Morgan fingerprint density at radius 2 is 1.79 bits per heavy atom. The van der Waals surface area contributed by atoms with Gasteiger partial charge in [0.25, 0.3) is 0 Å². The molecule has 0 bridgehead atoms. The number of carbonyl (C=O) groups is 2. The molecule has 0 radical (unpaired) electrons. The zero-order valence-corrected chi connectivity index (χ0v) is 15.2. The van der Waals surface area contributed by atoms with Crippen molar-refractivity contribution < 1.29 is 9.59 Å². The second-order valence-electron chi connectivity index (χ2n) is 7.35. The van der Waals surface area contributed by atoms with Crippen molar-refractivity contribution in [1.29, 1.82) is 0 Å². The Morgan fingerprint density at radius 1 is 1.17 bits per heavy atom. The molecule has 0 atom stereocenters. The molecule has 4 nitrogen and oxygen atoms in total. The maximum atomic E-state index is 12.3. The normalized spacial score (nSPS) is 16.0. The number of piperidine rings is 1. The molecule has 0 aromatic heterocycles. The zero-order valence-electron chi connectivity index (χ0n) is 15.2. The lowest BCUT2D eigenvalue weighted by Crippen LogP contribution is -2.49. The number of nitrogens with one attached hydrogen (secondary N) is 1. The van der Waals surface area contributed by atoms with Crippen LogP contribution in [0, 0.1) is 5.41 Å². The minimum atomic E-state index is -0.317. The highest BCUT2D eigenvalue weighted by molar-refractivity contribution is 5.82. The van der Waals surface area contributed by atoms with Crippen LogP contribution in [0.25, 0.3) is 0 Å². The van der Waals surface area contributed by atoms with Crippen molar-refractivity contribution >= 4 is 11.8 Å². The summed E-state index contributed by atoms with van der Waals surface area (Å²) in [4.78, 5) is 26.5. The van der Waals surface area contributed by atoms with Crippen molar-refractivity contribution in [2.24, 2.45) is 5.41 Å². The first kappa shape index (κ1) is 18.5. The van der Waals surface area contributed by atoms with E-state index in [0.717, 1.165) is 38.8 Å². The summed E-state index contributed by atoms with van der Waals surface area (Å²) in [5.74, 6) is 0.344. The minimum Gasteiger partial charge on any atom is -0.353 e. The Morgan fingerprint density at radius 3 is 2.38 bits per heavy atom. The summed E-state index contributed by atoms with van der Waals surface area (Å²) in [6.45, 7) is 7.47. The lowest BCUT2D eigenvalue weighted by Gasteiger charge is -2.34. The molecule has 2 rings (SSSR count). The SMILES string of the molecule is CCC(C)(C)C(=O)NC1CCN(C(=O)CCc2ccccc2)CC1. The molecule has 1 aromatic carbocycles. The highest BCUT2D eigenvalue weighted by atomic mass is 16.2. The van der Waals surface area contributed by atoms with Crippen molar-refractivity contribution in [3.63, 3.8) is 0 Å². The fourth-order valence-electron chi connectivity index (χ4n) is 2.87. The van der Waals surface area contributed by atoms with Crippen LogP contribution in [0.4, 0.5) is 0 Å². The standard InChI is InChI=1S/C20H30N2O2/c1-4-20(2,3)19(24)21-17-12-14-22(15-13-17)18(23)11-10-16-8-6-5-7-9-16/h5-9,17H,4,10-15H2,1-3H3,(H,21,24). The molecule has 132 valence electrons. The van der Waals surface area contributed by atoms with Crippen molar-refractivity contribution in [1.82, 2.24) is 10.2 Å². The van der Waals surface area contributed by atoms with E-state index >= 15 is 0 Å². The third-order valence-electron chi connectivity index (χ3n) is 5.15. The zero-order chi connectivity index (χ0) is 17.6. The van der Waals surface area contributed by atoms with Crippen LogP contribution in [0.1, 0.15) is 52.0 Å². The van der Waals surface area contributed by atoms with Gasteiger partial charge in [0.1, 0.15) is 0 Å². The number of carbonyl (C=O) groups excluding carboxylic acids is 2. The summed E-state index contributed by atoms with van der Waals surface area (Å²) in [6.07, 6.45) is 3.88. The first-order valence-corrected chi connectivity index (χ1v) is 9.05. The van der Waals surface area contributed by atoms with Gasteiger partial charge in [0.2, 0.25) is 11.8 Å². The monoisotopic (exact) mass is 330 g/mol. The number of rotatable bonds is 6. The molecule has 0 spiro atoms. The molecule has 24 heavy (non-hydrogen) atoms. The van der Waals surface area contributed by atoms with E-state index in [0.29, 0.717) is 6.42 Å². The average molecular weight is 330 g/mol. The van der Waals surface area contributed by atoms with Gasteiger partial charge in [-0.15, -0.1) is 0 Å². The van der Waals surface area contributed by atoms with Crippen LogP contribution in [-0.4, -0.2) is 35.8 Å². The van der Waals surface area contributed by atoms with E-state index in [1.807, 2.05) is 43.9 Å².